The number of likely N-dealkylation sites (tertiary alicyclic amines) is 1. The molecule has 1 aliphatic rings. The van der Waals surface area contributed by atoms with Gasteiger partial charge in [-0.1, -0.05) is 12.1 Å². The highest BCUT2D eigenvalue weighted by Gasteiger charge is 2.29. The van der Waals surface area contributed by atoms with E-state index in [-0.39, 0.29) is 24.2 Å². The average molecular weight is 294 g/mol. The number of carbonyl (C=O) groups excluding carboxylic acids is 1. The van der Waals surface area contributed by atoms with Crippen molar-refractivity contribution < 1.29 is 19.1 Å². The third kappa shape index (κ3) is 4.18. The maximum absolute atomic E-state index is 12.8. The summed E-state index contributed by atoms with van der Waals surface area (Å²) in [6, 6.07) is 5.91. The standard InChI is InChI=1S/C15H19FN2O3/c1-17(9-11-2-4-13(16)5-3-11)15(21)18-7-6-12(10-18)8-14(19)20/h2-5,12H,6-10H2,1H3,(H,19,20). The lowest BCUT2D eigenvalue weighted by molar-refractivity contribution is -0.138. The molecule has 1 fully saturated rings. The minimum Gasteiger partial charge on any atom is -0.481 e. The van der Waals surface area contributed by atoms with E-state index in [1.807, 2.05) is 0 Å². The predicted molar refractivity (Wildman–Crippen MR) is 75.2 cm³/mol. The Kier molecular flexibility index (Phi) is 4.77. The number of carbonyl (C=O) groups is 2. The van der Waals surface area contributed by atoms with E-state index in [2.05, 4.69) is 0 Å². The van der Waals surface area contributed by atoms with E-state index < -0.39 is 5.97 Å². The van der Waals surface area contributed by atoms with Gasteiger partial charge in [-0.2, -0.15) is 0 Å². The van der Waals surface area contributed by atoms with Crippen molar-refractivity contribution in [2.24, 2.45) is 5.92 Å². The Morgan fingerprint density at radius 1 is 1.38 bits per heavy atom. The van der Waals surface area contributed by atoms with Crippen LogP contribution in [-0.4, -0.2) is 47.0 Å². The Bertz CT molecular complexity index is 518. The Hall–Kier alpha value is -2.11. The number of hydrogen-bond acceptors (Lipinski definition) is 2. The maximum Gasteiger partial charge on any atom is 0.320 e. The third-order valence-corrected chi connectivity index (χ3v) is 3.68. The van der Waals surface area contributed by atoms with Crippen LogP contribution in [0.5, 0.6) is 0 Å². The zero-order valence-electron chi connectivity index (χ0n) is 12.0. The largest absolute Gasteiger partial charge is 0.481 e. The number of nitrogens with zero attached hydrogens (tertiary/aromatic N) is 2. The number of aliphatic carboxylic acids is 1. The van der Waals surface area contributed by atoms with Gasteiger partial charge in [0, 0.05) is 33.1 Å². The summed E-state index contributed by atoms with van der Waals surface area (Å²) < 4.78 is 12.8. The first-order valence-corrected chi connectivity index (χ1v) is 6.92. The molecule has 114 valence electrons. The van der Waals surface area contributed by atoms with Crippen molar-refractivity contribution in [2.75, 3.05) is 20.1 Å². The van der Waals surface area contributed by atoms with Crippen LogP contribution < -0.4 is 0 Å². The van der Waals surface area contributed by atoms with E-state index in [0.717, 1.165) is 12.0 Å². The highest BCUT2D eigenvalue weighted by atomic mass is 19.1. The maximum atomic E-state index is 12.8. The molecule has 1 saturated heterocycles. The Morgan fingerprint density at radius 3 is 2.67 bits per heavy atom. The lowest BCUT2D eigenvalue weighted by Gasteiger charge is -2.24. The fraction of sp³-hybridized carbons (Fsp3) is 0.467. The number of halogens is 1. The summed E-state index contributed by atoms with van der Waals surface area (Å²) in [5.74, 6) is -1.09. The molecule has 1 atom stereocenters. The molecule has 0 radical (unpaired) electrons. The molecule has 2 rings (SSSR count). The summed E-state index contributed by atoms with van der Waals surface area (Å²) in [6.45, 7) is 1.47. The molecule has 0 aliphatic carbocycles. The summed E-state index contributed by atoms with van der Waals surface area (Å²) in [5, 5.41) is 8.78. The van der Waals surface area contributed by atoms with Crippen LogP contribution in [0.15, 0.2) is 24.3 Å². The van der Waals surface area contributed by atoms with Crippen molar-refractivity contribution in [3.8, 4) is 0 Å². The van der Waals surface area contributed by atoms with Gasteiger partial charge in [0.2, 0.25) is 0 Å². The Morgan fingerprint density at radius 2 is 2.05 bits per heavy atom. The second kappa shape index (κ2) is 6.56. The first-order valence-electron chi connectivity index (χ1n) is 6.92. The van der Waals surface area contributed by atoms with Gasteiger partial charge in [-0.15, -0.1) is 0 Å². The highest BCUT2D eigenvalue weighted by molar-refractivity contribution is 5.74. The summed E-state index contributed by atoms with van der Waals surface area (Å²) >= 11 is 0. The summed E-state index contributed by atoms with van der Waals surface area (Å²) in [4.78, 5) is 26.2. The van der Waals surface area contributed by atoms with Crippen molar-refractivity contribution in [2.45, 2.75) is 19.4 Å². The number of carboxylic acid groups (broad SMARTS) is 1. The highest BCUT2D eigenvalue weighted by Crippen LogP contribution is 2.21. The first kappa shape index (κ1) is 15.3. The van der Waals surface area contributed by atoms with E-state index in [1.54, 1.807) is 29.0 Å². The van der Waals surface area contributed by atoms with Gasteiger partial charge < -0.3 is 14.9 Å². The van der Waals surface area contributed by atoms with Gasteiger partial charge in [-0.05, 0) is 30.0 Å². The van der Waals surface area contributed by atoms with Crippen LogP contribution in [0.1, 0.15) is 18.4 Å². The zero-order valence-corrected chi connectivity index (χ0v) is 12.0. The molecule has 6 heteroatoms. The number of rotatable bonds is 4. The number of benzene rings is 1. The zero-order chi connectivity index (χ0) is 15.4. The second-order valence-corrected chi connectivity index (χ2v) is 5.46. The average Bonchev–Trinajstić information content (AvgIpc) is 2.88. The van der Waals surface area contributed by atoms with Gasteiger partial charge in [-0.3, -0.25) is 4.79 Å². The number of carboxylic acids is 1. The SMILES string of the molecule is CN(Cc1ccc(F)cc1)C(=O)N1CCC(CC(=O)O)C1. The van der Waals surface area contributed by atoms with Crippen LogP contribution >= 0.6 is 0 Å². The molecule has 1 aliphatic heterocycles. The number of hydrogen-bond donors (Lipinski definition) is 1. The van der Waals surface area contributed by atoms with Gasteiger partial charge in [-0.25, -0.2) is 9.18 Å². The third-order valence-electron chi connectivity index (χ3n) is 3.68. The molecule has 1 aromatic rings. The van der Waals surface area contributed by atoms with Gasteiger partial charge in [0.1, 0.15) is 5.82 Å². The fourth-order valence-electron chi connectivity index (χ4n) is 2.59. The van der Waals surface area contributed by atoms with E-state index >= 15 is 0 Å². The molecular weight excluding hydrogens is 275 g/mol. The summed E-state index contributed by atoms with van der Waals surface area (Å²) in [6.07, 6.45) is 0.827. The predicted octanol–water partition coefficient (Wildman–Crippen LogP) is 2.17. The van der Waals surface area contributed by atoms with Crippen molar-refractivity contribution in [1.29, 1.82) is 0 Å². The lowest BCUT2D eigenvalue weighted by Crippen LogP contribution is -2.39. The van der Waals surface area contributed by atoms with Crippen LogP contribution in [0.2, 0.25) is 0 Å². The quantitative estimate of drug-likeness (QED) is 0.926. The Balaban J connectivity index is 1.88. The Labute approximate surface area is 123 Å². The molecule has 0 aromatic heterocycles. The molecular formula is C15H19FN2O3. The molecule has 0 saturated carbocycles. The van der Waals surface area contributed by atoms with Crippen LogP contribution in [0, 0.1) is 11.7 Å². The monoisotopic (exact) mass is 294 g/mol. The van der Waals surface area contributed by atoms with Crippen molar-refractivity contribution >= 4 is 12.0 Å². The fourth-order valence-corrected chi connectivity index (χ4v) is 2.59. The van der Waals surface area contributed by atoms with Crippen molar-refractivity contribution in [1.82, 2.24) is 9.80 Å². The summed E-state index contributed by atoms with van der Waals surface area (Å²) in [5.41, 5.74) is 0.855. The van der Waals surface area contributed by atoms with Gasteiger partial charge in [0.25, 0.3) is 0 Å². The van der Waals surface area contributed by atoms with Crippen LogP contribution in [0.3, 0.4) is 0 Å². The molecule has 2 amide bonds. The van der Waals surface area contributed by atoms with Crippen LogP contribution in [0.25, 0.3) is 0 Å². The molecule has 0 spiro atoms. The second-order valence-electron chi connectivity index (χ2n) is 5.46. The molecule has 21 heavy (non-hydrogen) atoms. The van der Waals surface area contributed by atoms with Crippen molar-refractivity contribution in [3.63, 3.8) is 0 Å². The molecule has 5 nitrogen and oxygen atoms in total. The minimum atomic E-state index is -0.825. The van der Waals surface area contributed by atoms with E-state index in [9.17, 15) is 14.0 Å². The van der Waals surface area contributed by atoms with Gasteiger partial charge in [0.15, 0.2) is 0 Å². The topological polar surface area (TPSA) is 60.9 Å². The molecule has 1 heterocycles. The van der Waals surface area contributed by atoms with E-state index in [0.29, 0.717) is 19.6 Å². The first-order chi connectivity index (χ1) is 9.95. The molecule has 0 bridgehead atoms. The molecule has 1 aromatic carbocycles. The molecule has 1 N–H and O–H groups in total. The van der Waals surface area contributed by atoms with Crippen molar-refractivity contribution in [3.05, 3.63) is 35.6 Å². The van der Waals surface area contributed by atoms with Gasteiger partial charge in [0.05, 0.1) is 0 Å². The lowest BCUT2D eigenvalue weighted by atomic mass is 10.1. The van der Waals surface area contributed by atoms with Gasteiger partial charge >= 0.3 is 12.0 Å². The summed E-state index contributed by atoms with van der Waals surface area (Å²) in [7, 11) is 1.69. The number of urea groups is 1. The minimum absolute atomic E-state index is 0.0330. The number of amides is 2. The smallest absolute Gasteiger partial charge is 0.320 e. The van der Waals surface area contributed by atoms with Crippen LogP contribution in [0.4, 0.5) is 9.18 Å². The van der Waals surface area contributed by atoms with Crippen LogP contribution in [-0.2, 0) is 11.3 Å². The van der Waals surface area contributed by atoms with E-state index in [4.69, 9.17) is 5.11 Å². The molecule has 1 unspecified atom stereocenters. The normalized spacial score (nSPS) is 17.8. The van der Waals surface area contributed by atoms with E-state index in [1.165, 1.54) is 12.1 Å².